The quantitative estimate of drug-likeness (QED) is 0.530. The third-order valence-corrected chi connectivity index (χ3v) is 6.43. The topological polar surface area (TPSA) is 46.5 Å². The van der Waals surface area contributed by atoms with Gasteiger partial charge in [-0.05, 0) is 69.1 Å². The van der Waals surface area contributed by atoms with E-state index in [0.717, 1.165) is 6.42 Å². The minimum atomic E-state index is -0.718. The maximum atomic E-state index is 11.3. The van der Waals surface area contributed by atoms with Crippen molar-refractivity contribution in [1.82, 2.24) is 0 Å². The van der Waals surface area contributed by atoms with Crippen molar-refractivity contribution in [3.8, 4) is 0 Å². The van der Waals surface area contributed by atoms with Gasteiger partial charge >= 0.3 is 0 Å². The van der Waals surface area contributed by atoms with E-state index in [4.69, 9.17) is 5.26 Å². The minimum absolute atomic E-state index is 0.0671. The van der Waals surface area contributed by atoms with Crippen LogP contribution in [-0.4, -0.2) is 17.1 Å². The summed E-state index contributed by atoms with van der Waals surface area (Å²) < 4.78 is 0. The largest absolute Gasteiger partial charge is 0.296 e. The van der Waals surface area contributed by atoms with Crippen LogP contribution in [-0.2, 0) is 9.68 Å². The second-order valence-corrected chi connectivity index (χ2v) is 7.94. The molecule has 0 aromatic rings. The number of carbonyl (C=O) groups excluding carboxylic acids is 1. The summed E-state index contributed by atoms with van der Waals surface area (Å²) in [4.78, 5) is 15.3. The molecule has 2 bridgehead atoms. The third-order valence-electron chi connectivity index (χ3n) is 6.43. The second-order valence-electron chi connectivity index (χ2n) is 7.94. The monoisotopic (exact) mass is 326 g/mol. The fourth-order valence-electron chi connectivity index (χ4n) is 4.79. The van der Waals surface area contributed by atoms with Gasteiger partial charge in [-0.3, -0.25) is 10.1 Å². The molecule has 0 amide bonds. The summed E-state index contributed by atoms with van der Waals surface area (Å²) in [5.41, 5.74) is -0.401. The van der Waals surface area contributed by atoms with Gasteiger partial charge in [0.2, 0.25) is 0 Å². The second kappa shape index (κ2) is 9.17. The molecule has 0 heterocycles. The van der Waals surface area contributed by atoms with Crippen molar-refractivity contribution in [1.29, 1.82) is 0 Å². The molecule has 3 aliphatic carbocycles. The van der Waals surface area contributed by atoms with Gasteiger partial charge in [0.1, 0.15) is 6.10 Å². The van der Waals surface area contributed by atoms with E-state index in [9.17, 15) is 4.79 Å². The Morgan fingerprint density at radius 3 is 2.00 bits per heavy atom. The predicted molar refractivity (Wildman–Crippen MR) is 95.3 cm³/mol. The molecule has 0 saturated heterocycles. The number of fused-ring (bicyclic) bond motifs is 5. The summed E-state index contributed by atoms with van der Waals surface area (Å²) >= 11 is 0. The van der Waals surface area contributed by atoms with Crippen LogP contribution < -0.4 is 0 Å². The molecule has 23 heavy (non-hydrogen) atoms. The van der Waals surface area contributed by atoms with Gasteiger partial charge in [0, 0.05) is 5.41 Å². The van der Waals surface area contributed by atoms with Gasteiger partial charge in [-0.25, -0.2) is 4.89 Å². The number of ketones is 1. The molecular formula is C20H38O3. The molecule has 5 atom stereocenters. The standard InChI is InChI=1S/C10H16.C8H16O3.C2H6/c1-2-9-7-4-5-8(6-7)10(9)3-1;1-5-8(3,4)7(9)6(2)11-10;1-2/h7-10H,1-6H2;6,10H,5H2,1-4H3;1-2H3. The summed E-state index contributed by atoms with van der Waals surface area (Å²) in [5.74, 6) is 4.73. The van der Waals surface area contributed by atoms with Crippen LogP contribution >= 0.6 is 0 Å². The Kier molecular flexibility index (Phi) is 8.23. The Bertz CT molecular complexity index is 348. The molecule has 3 saturated carbocycles. The van der Waals surface area contributed by atoms with Crippen molar-refractivity contribution < 1.29 is 14.9 Å². The number of carbonyl (C=O) groups is 1. The van der Waals surface area contributed by atoms with E-state index in [1.807, 2.05) is 34.6 Å². The molecule has 0 radical (unpaired) electrons. The van der Waals surface area contributed by atoms with Crippen molar-refractivity contribution in [2.45, 2.75) is 92.6 Å². The molecule has 1 N–H and O–H groups in total. The molecule has 0 aliphatic heterocycles. The number of hydrogen-bond acceptors (Lipinski definition) is 3. The van der Waals surface area contributed by atoms with Gasteiger partial charge in [-0.1, -0.05) is 41.0 Å². The Labute approximate surface area is 143 Å². The van der Waals surface area contributed by atoms with Gasteiger partial charge in [0.05, 0.1) is 0 Å². The minimum Gasteiger partial charge on any atom is -0.296 e. The van der Waals surface area contributed by atoms with Crippen LogP contribution in [0.25, 0.3) is 0 Å². The van der Waals surface area contributed by atoms with Crippen LogP contribution in [0.4, 0.5) is 0 Å². The van der Waals surface area contributed by atoms with Gasteiger partial charge in [0.25, 0.3) is 0 Å². The fourth-order valence-corrected chi connectivity index (χ4v) is 4.79. The first-order valence-electron chi connectivity index (χ1n) is 9.75. The first-order valence-corrected chi connectivity index (χ1v) is 9.75. The SMILES string of the molecule is C1CC2C3CCC(C3)C2C1.CC.CCC(C)(C)C(=O)C(C)OO. The normalized spacial score (nSPS) is 32.3. The van der Waals surface area contributed by atoms with E-state index >= 15 is 0 Å². The van der Waals surface area contributed by atoms with Crippen molar-refractivity contribution >= 4 is 5.78 Å². The number of rotatable bonds is 4. The lowest BCUT2D eigenvalue weighted by molar-refractivity contribution is -0.268. The van der Waals surface area contributed by atoms with Crippen molar-refractivity contribution in [2.75, 3.05) is 0 Å². The summed E-state index contributed by atoms with van der Waals surface area (Å²) in [6.45, 7) is 11.2. The van der Waals surface area contributed by atoms with E-state index in [-0.39, 0.29) is 5.78 Å². The van der Waals surface area contributed by atoms with Gasteiger partial charge in [0.15, 0.2) is 5.78 Å². The molecule has 3 nitrogen and oxygen atoms in total. The molecule has 5 unspecified atom stereocenters. The molecular weight excluding hydrogens is 288 g/mol. The molecule has 0 aromatic carbocycles. The molecule has 3 heteroatoms. The maximum Gasteiger partial charge on any atom is 0.170 e. The van der Waals surface area contributed by atoms with E-state index in [2.05, 4.69) is 4.89 Å². The fraction of sp³-hybridized carbons (Fsp3) is 0.950. The van der Waals surface area contributed by atoms with E-state index in [1.54, 1.807) is 45.4 Å². The van der Waals surface area contributed by atoms with Crippen LogP contribution in [0, 0.1) is 29.1 Å². The molecule has 0 spiro atoms. The summed E-state index contributed by atoms with van der Waals surface area (Å²) in [7, 11) is 0. The van der Waals surface area contributed by atoms with Crippen LogP contribution in [0.3, 0.4) is 0 Å². The first kappa shape index (κ1) is 20.6. The highest BCUT2D eigenvalue weighted by atomic mass is 17.1. The Morgan fingerprint density at radius 1 is 1.13 bits per heavy atom. The van der Waals surface area contributed by atoms with Gasteiger partial charge in [-0.2, -0.15) is 0 Å². The van der Waals surface area contributed by atoms with Crippen LogP contribution in [0.5, 0.6) is 0 Å². The molecule has 0 aromatic heterocycles. The highest BCUT2D eigenvalue weighted by Crippen LogP contribution is 2.58. The highest BCUT2D eigenvalue weighted by Gasteiger charge is 2.48. The Balaban J connectivity index is 0.000000207. The van der Waals surface area contributed by atoms with E-state index < -0.39 is 11.5 Å². The first-order chi connectivity index (χ1) is 10.9. The lowest BCUT2D eigenvalue weighted by atomic mass is 9.82. The molecule has 136 valence electrons. The molecule has 3 fully saturated rings. The highest BCUT2D eigenvalue weighted by molar-refractivity contribution is 5.87. The van der Waals surface area contributed by atoms with Crippen LogP contribution in [0.15, 0.2) is 0 Å². The maximum absolute atomic E-state index is 11.3. The summed E-state index contributed by atoms with van der Waals surface area (Å²) in [6.07, 6.45) is 9.57. The van der Waals surface area contributed by atoms with Gasteiger partial charge < -0.3 is 0 Å². The van der Waals surface area contributed by atoms with Crippen molar-refractivity contribution in [3.05, 3.63) is 0 Å². The molecule has 3 rings (SSSR count). The number of hydrogen-bond donors (Lipinski definition) is 1. The Hall–Kier alpha value is -0.410. The zero-order valence-corrected chi connectivity index (χ0v) is 16.1. The van der Waals surface area contributed by atoms with Gasteiger partial charge in [-0.15, -0.1) is 0 Å². The van der Waals surface area contributed by atoms with Crippen LogP contribution in [0.2, 0.25) is 0 Å². The van der Waals surface area contributed by atoms with E-state index in [0.29, 0.717) is 0 Å². The summed E-state index contributed by atoms with van der Waals surface area (Å²) in [6, 6.07) is 0. The van der Waals surface area contributed by atoms with Crippen molar-refractivity contribution in [3.63, 3.8) is 0 Å². The molecule has 3 aliphatic rings. The number of Topliss-reactive ketones (excluding diaryl/α,β-unsaturated/α-hetero) is 1. The lowest BCUT2D eigenvalue weighted by Crippen LogP contribution is -2.33. The zero-order chi connectivity index (χ0) is 17.6. The summed E-state index contributed by atoms with van der Waals surface area (Å²) in [5, 5.41) is 8.24. The third kappa shape index (κ3) is 4.79. The van der Waals surface area contributed by atoms with E-state index in [1.165, 1.54) is 23.7 Å². The smallest absolute Gasteiger partial charge is 0.170 e. The van der Waals surface area contributed by atoms with Crippen LogP contribution in [0.1, 0.15) is 86.5 Å². The average Bonchev–Trinajstić information content (AvgIpc) is 3.29. The zero-order valence-electron chi connectivity index (χ0n) is 16.1. The predicted octanol–water partition coefficient (Wildman–Crippen LogP) is 5.73. The average molecular weight is 327 g/mol. The Morgan fingerprint density at radius 2 is 1.61 bits per heavy atom. The van der Waals surface area contributed by atoms with Crippen molar-refractivity contribution in [2.24, 2.45) is 29.1 Å². The lowest BCUT2D eigenvalue weighted by Gasteiger charge is -2.23.